The van der Waals surface area contributed by atoms with Crippen molar-refractivity contribution in [1.29, 1.82) is 0 Å². The average molecular weight is 335 g/mol. The molecule has 15 heavy (non-hydrogen) atoms. The molecule has 82 valence electrons. The molecule has 0 saturated carbocycles. The molecule has 2 rings (SSSR count). The maximum Gasteiger partial charge on any atom is 0.133 e. The SMILES string of the molecule is Brc1ccc(OCC2CCNC2)c(Br)c1. The smallest absolute Gasteiger partial charge is 0.133 e. The van der Waals surface area contributed by atoms with Gasteiger partial charge in [0.25, 0.3) is 0 Å². The van der Waals surface area contributed by atoms with Crippen molar-refractivity contribution in [2.45, 2.75) is 6.42 Å². The van der Waals surface area contributed by atoms with Gasteiger partial charge in [-0.05, 0) is 47.1 Å². The van der Waals surface area contributed by atoms with Crippen LogP contribution < -0.4 is 10.1 Å². The second-order valence-corrected chi connectivity index (χ2v) is 5.51. The van der Waals surface area contributed by atoms with Crippen molar-refractivity contribution >= 4 is 31.9 Å². The molecule has 1 atom stereocenters. The van der Waals surface area contributed by atoms with Gasteiger partial charge in [0.05, 0.1) is 11.1 Å². The van der Waals surface area contributed by atoms with E-state index in [-0.39, 0.29) is 0 Å². The van der Waals surface area contributed by atoms with Gasteiger partial charge in [-0.15, -0.1) is 0 Å². The van der Waals surface area contributed by atoms with Crippen molar-refractivity contribution in [2.75, 3.05) is 19.7 Å². The zero-order valence-corrected chi connectivity index (χ0v) is 11.5. The molecule has 4 heteroatoms. The van der Waals surface area contributed by atoms with E-state index in [9.17, 15) is 0 Å². The molecule has 1 unspecified atom stereocenters. The summed E-state index contributed by atoms with van der Waals surface area (Å²) in [4.78, 5) is 0. The molecule has 0 aromatic heterocycles. The van der Waals surface area contributed by atoms with Crippen LogP contribution in [0.4, 0.5) is 0 Å². The number of benzene rings is 1. The molecule has 1 N–H and O–H groups in total. The van der Waals surface area contributed by atoms with Gasteiger partial charge in [-0.25, -0.2) is 0 Å². The monoisotopic (exact) mass is 333 g/mol. The molecule has 1 aromatic carbocycles. The molecular formula is C11H13Br2NO. The highest BCUT2D eigenvalue weighted by molar-refractivity contribution is 9.11. The predicted molar refractivity (Wildman–Crippen MR) is 68.3 cm³/mol. The molecule has 0 bridgehead atoms. The summed E-state index contributed by atoms with van der Waals surface area (Å²) in [7, 11) is 0. The van der Waals surface area contributed by atoms with Crippen LogP contribution in [0.3, 0.4) is 0 Å². The van der Waals surface area contributed by atoms with E-state index >= 15 is 0 Å². The summed E-state index contributed by atoms with van der Waals surface area (Å²) in [5.41, 5.74) is 0. The van der Waals surface area contributed by atoms with E-state index in [2.05, 4.69) is 37.2 Å². The van der Waals surface area contributed by atoms with Crippen molar-refractivity contribution in [3.05, 3.63) is 27.1 Å². The summed E-state index contributed by atoms with van der Waals surface area (Å²) in [6.07, 6.45) is 1.22. The number of halogens is 2. The summed E-state index contributed by atoms with van der Waals surface area (Å²) in [6, 6.07) is 5.98. The summed E-state index contributed by atoms with van der Waals surface area (Å²) in [6.45, 7) is 3.00. The minimum Gasteiger partial charge on any atom is -0.492 e. The van der Waals surface area contributed by atoms with Crippen LogP contribution in [0.25, 0.3) is 0 Å². The molecule has 1 heterocycles. The van der Waals surface area contributed by atoms with E-state index in [1.54, 1.807) is 0 Å². The maximum absolute atomic E-state index is 5.77. The molecule has 0 spiro atoms. The van der Waals surface area contributed by atoms with Gasteiger partial charge >= 0.3 is 0 Å². The average Bonchev–Trinajstić information content (AvgIpc) is 2.69. The van der Waals surface area contributed by atoms with Crippen molar-refractivity contribution < 1.29 is 4.74 Å². The zero-order chi connectivity index (χ0) is 10.7. The molecule has 1 aliphatic heterocycles. The second kappa shape index (κ2) is 5.32. The molecule has 1 aromatic rings. The van der Waals surface area contributed by atoms with Gasteiger partial charge in [0, 0.05) is 16.9 Å². The Hall–Kier alpha value is -0.0600. The fourth-order valence-electron chi connectivity index (χ4n) is 1.66. The summed E-state index contributed by atoms with van der Waals surface area (Å²) in [5, 5.41) is 3.33. The number of rotatable bonds is 3. The molecule has 2 nitrogen and oxygen atoms in total. The largest absolute Gasteiger partial charge is 0.492 e. The Morgan fingerprint density at radius 2 is 2.27 bits per heavy atom. The Morgan fingerprint density at radius 1 is 1.40 bits per heavy atom. The van der Waals surface area contributed by atoms with Gasteiger partial charge in [-0.3, -0.25) is 0 Å². The van der Waals surface area contributed by atoms with E-state index < -0.39 is 0 Å². The Bertz CT molecular complexity index is 337. The van der Waals surface area contributed by atoms with Crippen molar-refractivity contribution in [1.82, 2.24) is 5.32 Å². The summed E-state index contributed by atoms with van der Waals surface area (Å²) >= 11 is 6.90. The lowest BCUT2D eigenvalue weighted by atomic mass is 10.1. The molecule has 1 aliphatic rings. The van der Waals surface area contributed by atoms with Gasteiger partial charge in [0.2, 0.25) is 0 Å². The number of hydrogen-bond acceptors (Lipinski definition) is 2. The van der Waals surface area contributed by atoms with Crippen LogP contribution in [0.15, 0.2) is 27.1 Å². The van der Waals surface area contributed by atoms with Crippen molar-refractivity contribution in [3.8, 4) is 5.75 Å². The highest BCUT2D eigenvalue weighted by Crippen LogP contribution is 2.28. The molecular weight excluding hydrogens is 322 g/mol. The Labute approximate surface area is 107 Å². The third-order valence-electron chi connectivity index (χ3n) is 2.53. The first-order valence-electron chi connectivity index (χ1n) is 5.04. The summed E-state index contributed by atoms with van der Waals surface area (Å²) in [5.74, 6) is 1.57. The van der Waals surface area contributed by atoms with Crippen LogP contribution in [0.5, 0.6) is 5.75 Å². The maximum atomic E-state index is 5.77. The van der Waals surface area contributed by atoms with Crippen molar-refractivity contribution in [2.24, 2.45) is 5.92 Å². The normalized spacial score (nSPS) is 20.5. The highest BCUT2D eigenvalue weighted by atomic mass is 79.9. The van der Waals surface area contributed by atoms with Gasteiger partial charge < -0.3 is 10.1 Å². The van der Waals surface area contributed by atoms with Crippen LogP contribution in [0.2, 0.25) is 0 Å². The molecule has 1 fully saturated rings. The van der Waals surface area contributed by atoms with Crippen molar-refractivity contribution in [3.63, 3.8) is 0 Å². The Morgan fingerprint density at radius 3 is 2.93 bits per heavy atom. The fourth-order valence-corrected chi connectivity index (χ4v) is 2.82. The Balaban J connectivity index is 1.92. The third-order valence-corrected chi connectivity index (χ3v) is 3.64. The predicted octanol–water partition coefficient (Wildman–Crippen LogP) is 3.20. The van der Waals surface area contributed by atoms with Crippen LogP contribution in [-0.4, -0.2) is 19.7 Å². The van der Waals surface area contributed by atoms with Crippen LogP contribution in [-0.2, 0) is 0 Å². The van der Waals surface area contributed by atoms with E-state index in [0.29, 0.717) is 5.92 Å². The lowest BCUT2D eigenvalue weighted by Crippen LogP contribution is -2.15. The number of hydrogen-bond donors (Lipinski definition) is 1. The van der Waals surface area contributed by atoms with E-state index in [1.807, 2.05) is 18.2 Å². The minimum absolute atomic E-state index is 0.653. The first-order valence-corrected chi connectivity index (χ1v) is 6.63. The molecule has 0 radical (unpaired) electrons. The van der Waals surface area contributed by atoms with Gasteiger partial charge in [-0.1, -0.05) is 15.9 Å². The van der Waals surface area contributed by atoms with Crippen LogP contribution >= 0.6 is 31.9 Å². The first kappa shape index (κ1) is 11.4. The number of nitrogens with one attached hydrogen (secondary N) is 1. The lowest BCUT2D eigenvalue weighted by Gasteiger charge is -2.12. The van der Waals surface area contributed by atoms with E-state index in [4.69, 9.17) is 4.74 Å². The summed E-state index contributed by atoms with van der Waals surface area (Å²) < 4.78 is 7.83. The van der Waals surface area contributed by atoms with E-state index in [1.165, 1.54) is 6.42 Å². The van der Waals surface area contributed by atoms with Crippen LogP contribution in [0.1, 0.15) is 6.42 Å². The minimum atomic E-state index is 0.653. The van der Waals surface area contributed by atoms with Crippen LogP contribution in [0, 0.1) is 5.92 Å². The molecule has 1 saturated heterocycles. The van der Waals surface area contributed by atoms with Gasteiger partial charge in [0.15, 0.2) is 0 Å². The standard InChI is InChI=1S/C11H13Br2NO/c12-9-1-2-11(10(13)5-9)15-7-8-3-4-14-6-8/h1-2,5,8,14H,3-4,6-7H2. The molecule has 0 amide bonds. The third kappa shape index (κ3) is 3.20. The zero-order valence-electron chi connectivity index (χ0n) is 8.30. The molecule has 0 aliphatic carbocycles. The topological polar surface area (TPSA) is 21.3 Å². The number of ether oxygens (including phenoxy) is 1. The van der Waals surface area contributed by atoms with E-state index in [0.717, 1.165) is 34.4 Å². The first-order chi connectivity index (χ1) is 7.25. The lowest BCUT2D eigenvalue weighted by molar-refractivity contribution is 0.258. The van der Waals surface area contributed by atoms with Gasteiger partial charge in [0.1, 0.15) is 5.75 Å². The second-order valence-electron chi connectivity index (χ2n) is 3.74. The quantitative estimate of drug-likeness (QED) is 0.916. The van der Waals surface area contributed by atoms with Gasteiger partial charge in [-0.2, -0.15) is 0 Å². The highest BCUT2D eigenvalue weighted by Gasteiger charge is 2.15. The fraction of sp³-hybridized carbons (Fsp3) is 0.455. The Kier molecular flexibility index (Phi) is 4.05.